The van der Waals surface area contributed by atoms with Crippen molar-refractivity contribution in [3.63, 3.8) is 0 Å². The molecule has 33 nitrogen and oxygen atoms in total. The van der Waals surface area contributed by atoms with Gasteiger partial charge in [-0.2, -0.15) is 0 Å². The number of rotatable bonds is 26. The zero-order valence-corrected chi connectivity index (χ0v) is 58.8. The Morgan fingerprint density at radius 3 is 0.490 bits per heavy atom. The highest BCUT2D eigenvalue weighted by molar-refractivity contribution is 5.07. The Labute approximate surface area is 563 Å². The highest BCUT2D eigenvalue weighted by Crippen LogP contribution is 2.43. The van der Waals surface area contributed by atoms with Gasteiger partial charge in [-0.25, -0.2) is 0 Å². The minimum absolute atomic E-state index is 0.0314. The average Bonchev–Trinajstić information content (AvgIpc) is 0.771. The van der Waals surface area contributed by atoms with Gasteiger partial charge in [-0.3, -0.25) is 0 Å². The van der Waals surface area contributed by atoms with Crippen LogP contribution < -0.4 is 0 Å². The maximum atomic E-state index is 7.02. The number of hydrogen-bond acceptors (Lipinski definition) is 33. The van der Waals surface area contributed by atoms with Gasteiger partial charge in [-0.05, 0) is 0 Å². The summed E-state index contributed by atoms with van der Waals surface area (Å²) in [6.45, 7) is 8.13. The van der Waals surface area contributed by atoms with Gasteiger partial charge in [0.25, 0.3) is 0 Å². The molecule has 21 saturated heterocycles. The first-order valence-electron chi connectivity index (χ1n) is 32.0. The van der Waals surface area contributed by atoms with Crippen LogP contribution in [0.2, 0.25) is 0 Å². The van der Waals surface area contributed by atoms with Gasteiger partial charge in [-0.1, -0.05) is 12.2 Å². The molecule has 0 N–H and O–H groups in total. The third kappa shape index (κ3) is 16.9. The van der Waals surface area contributed by atoms with Crippen molar-refractivity contribution in [1.82, 2.24) is 0 Å². The molecule has 21 heterocycles. The van der Waals surface area contributed by atoms with Crippen LogP contribution in [0.15, 0.2) is 25.3 Å². The predicted octanol–water partition coefficient (Wildman–Crippen LogP) is -0.415. The van der Waals surface area contributed by atoms with Crippen LogP contribution >= 0.6 is 0 Å². The summed E-state index contributed by atoms with van der Waals surface area (Å²) in [6, 6.07) is 0. The van der Waals surface area contributed by atoms with Crippen LogP contribution in [0.25, 0.3) is 0 Å². The smallest absolute Gasteiger partial charge is 0.187 e. The van der Waals surface area contributed by atoms with Crippen molar-refractivity contribution in [2.75, 3.05) is 168 Å². The molecule has 0 amide bonds. The quantitative estimate of drug-likeness (QED) is 0.0994. The number of methoxy groups -OCH3 is 19. The molecule has 14 bridgehead atoms. The molecular formula is C63H108O33. The molecule has 0 aromatic rings. The monoisotopic (exact) mass is 1390 g/mol. The standard InChI is InChI=1S/C63H108O33/c1-22-29-36-43(69-8)51(77-16)58(84-29)93-39-32(25-65-4)87-61(54(80-19)46(39)72-11)95-41-34(27-67-6)89-63(56(82-21)48(41)74-13)96-42-35(28-68-7)88-62(55(81-20)49(42)75-14)94-40-33(26-66-5)86-60(53(79-18)47(40)73-12)91-37-30(23-2)83-57(50(76-15)44(37)70-9)92-38-31(24-64-3)85-59(90-36)52(78-17)45(38)71-10/h22-23,29-63H,1-2,24-28H2,3-21H3/t29-,30+,31-,32-,33+,34-,35+,36+,37+,38+,39+,40+,41+,42+,43-,44-,45-,46-,47-,48-,49+,50+,51+,52+,53-,54+,55-,56+,57+,58+,59+,60+,61+,62+,63+/m0/s1. The van der Waals surface area contributed by atoms with E-state index in [9.17, 15) is 0 Å². The molecule has 0 radical (unpaired) electrons. The van der Waals surface area contributed by atoms with E-state index < -0.39 is 215 Å². The lowest BCUT2D eigenvalue weighted by Crippen LogP contribution is -2.69. The minimum Gasteiger partial charge on any atom is -0.382 e. The van der Waals surface area contributed by atoms with Crippen LogP contribution in [0.3, 0.4) is 0 Å². The number of ether oxygens (including phenoxy) is 33. The zero-order chi connectivity index (χ0) is 69.5. The Kier molecular flexibility index (Phi) is 32.1. The summed E-state index contributed by atoms with van der Waals surface area (Å²) in [7, 11) is 28.6. The van der Waals surface area contributed by atoms with Crippen molar-refractivity contribution in [2.45, 2.75) is 215 Å². The van der Waals surface area contributed by atoms with Gasteiger partial charge in [0, 0.05) is 135 Å². The molecule has 0 spiro atoms. The van der Waals surface area contributed by atoms with E-state index in [1.54, 1.807) is 12.2 Å². The maximum Gasteiger partial charge on any atom is 0.187 e. The summed E-state index contributed by atoms with van der Waals surface area (Å²) in [5, 5.41) is 0. The van der Waals surface area contributed by atoms with Crippen LogP contribution in [0.1, 0.15) is 0 Å². The second-order valence-corrected chi connectivity index (χ2v) is 23.9. The summed E-state index contributed by atoms with van der Waals surface area (Å²) in [4.78, 5) is 0. The van der Waals surface area contributed by atoms with E-state index in [2.05, 4.69) is 13.2 Å². The summed E-state index contributed by atoms with van der Waals surface area (Å²) in [6.07, 6.45) is -32.6. The SMILES string of the molecule is C=C[C@@H]1O[C@@H]2O[C@H]3[C@H](OC)[C@@H](OC)[C@@H](O[C@H]4[C@H](OC)[C@@H](OC)[C@@H](O[C@H]5[C@@H](OC)[C@H](OC)[C@@H](O[C@H]6[C@H](OC)[C@H](OC)[C@@H](O[C@H]7[C@H](OC)[C@@H](OC)[C@@H](O[C@H]8[C@H](OC)[C@@H](OC)[C@@H](O[C@H]1[C@H](OC)[C@H]2OC)O[C@H]8COC)O[C@@H]7C=C)O[C@@H]6COC)O[C@@H]5COC)O[C@H]4COC)O[C@H]3COC. The molecule has 0 saturated carbocycles. The molecule has 558 valence electrons. The van der Waals surface area contributed by atoms with Crippen molar-refractivity contribution in [3.8, 4) is 0 Å². The fraction of sp³-hybridized carbons (Fsp3) is 0.937. The maximum absolute atomic E-state index is 7.02. The first kappa shape index (κ1) is 79.9. The van der Waals surface area contributed by atoms with Crippen LogP contribution in [0, 0.1) is 0 Å². The summed E-state index contributed by atoms with van der Waals surface area (Å²) in [5.41, 5.74) is 0. The topological polar surface area (TPSA) is 305 Å². The van der Waals surface area contributed by atoms with Crippen LogP contribution in [-0.2, 0) is 156 Å². The van der Waals surface area contributed by atoms with Crippen LogP contribution in [-0.4, -0.2) is 383 Å². The second-order valence-electron chi connectivity index (χ2n) is 23.9. The van der Waals surface area contributed by atoms with Gasteiger partial charge in [0.15, 0.2) is 44.0 Å². The predicted molar refractivity (Wildman–Crippen MR) is 326 cm³/mol. The molecular weight excluding hydrogens is 1280 g/mol. The summed E-state index contributed by atoms with van der Waals surface area (Å²) < 4.78 is 213. The van der Waals surface area contributed by atoms with Gasteiger partial charge in [-0.15, -0.1) is 13.2 Å². The highest BCUT2D eigenvalue weighted by Gasteiger charge is 2.62. The third-order valence-corrected chi connectivity index (χ3v) is 19.0. The summed E-state index contributed by atoms with van der Waals surface area (Å²) >= 11 is 0. The van der Waals surface area contributed by atoms with Crippen molar-refractivity contribution in [1.29, 1.82) is 0 Å². The van der Waals surface area contributed by atoms with Gasteiger partial charge in [0.05, 0.1) is 33.0 Å². The molecule has 21 aliphatic rings. The first-order valence-corrected chi connectivity index (χ1v) is 32.0. The largest absolute Gasteiger partial charge is 0.382 e. The minimum atomic E-state index is -1.21. The van der Waals surface area contributed by atoms with Gasteiger partial charge in [0.2, 0.25) is 0 Å². The van der Waals surface area contributed by atoms with Gasteiger partial charge < -0.3 is 156 Å². The van der Waals surface area contributed by atoms with Crippen molar-refractivity contribution in [3.05, 3.63) is 25.3 Å². The van der Waals surface area contributed by atoms with E-state index in [-0.39, 0.29) is 33.0 Å². The third-order valence-electron chi connectivity index (χ3n) is 19.0. The lowest BCUT2D eigenvalue weighted by molar-refractivity contribution is -0.401. The normalized spacial score (nSPS) is 46.7. The average molecular weight is 1390 g/mol. The van der Waals surface area contributed by atoms with E-state index in [1.807, 2.05) is 0 Å². The molecule has 21 aliphatic heterocycles. The Morgan fingerprint density at radius 1 is 0.198 bits per heavy atom. The Morgan fingerprint density at radius 2 is 0.344 bits per heavy atom. The van der Waals surface area contributed by atoms with E-state index in [0.29, 0.717) is 0 Å². The van der Waals surface area contributed by atoms with Crippen LogP contribution in [0.5, 0.6) is 0 Å². The van der Waals surface area contributed by atoms with E-state index >= 15 is 0 Å². The molecule has 0 aromatic heterocycles. The Hall–Kier alpha value is -1.84. The Bertz CT molecular complexity index is 2220. The molecule has 35 atom stereocenters. The molecule has 0 aliphatic carbocycles. The second kappa shape index (κ2) is 38.6. The van der Waals surface area contributed by atoms with Crippen molar-refractivity contribution < 1.29 is 156 Å². The van der Waals surface area contributed by atoms with Crippen molar-refractivity contribution in [2.24, 2.45) is 0 Å². The van der Waals surface area contributed by atoms with Crippen molar-refractivity contribution >= 4 is 0 Å². The molecule has 0 aromatic carbocycles. The lowest BCUT2D eigenvalue weighted by atomic mass is 9.94. The highest BCUT2D eigenvalue weighted by atomic mass is 16.8. The molecule has 21 fully saturated rings. The first-order chi connectivity index (χ1) is 46.7. The lowest BCUT2D eigenvalue weighted by Gasteiger charge is -2.52. The molecule has 33 heteroatoms. The van der Waals surface area contributed by atoms with E-state index in [0.717, 1.165) is 0 Å². The van der Waals surface area contributed by atoms with E-state index in [1.165, 1.54) is 135 Å². The Balaban J connectivity index is 1.22. The zero-order valence-electron chi connectivity index (χ0n) is 58.8. The number of hydrogen-bond donors (Lipinski definition) is 0. The summed E-state index contributed by atoms with van der Waals surface area (Å²) in [5.74, 6) is 0. The van der Waals surface area contributed by atoms with Crippen LogP contribution in [0.4, 0.5) is 0 Å². The van der Waals surface area contributed by atoms with Gasteiger partial charge in [0.1, 0.15) is 171 Å². The molecule has 96 heavy (non-hydrogen) atoms. The van der Waals surface area contributed by atoms with E-state index in [4.69, 9.17) is 156 Å². The molecule has 0 unspecified atom stereocenters. The fourth-order valence-corrected chi connectivity index (χ4v) is 14.5. The molecule has 21 rings (SSSR count). The fourth-order valence-electron chi connectivity index (χ4n) is 14.5. The van der Waals surface area contributed by atoms with Gasteiger partial charge >= 0.3 is 0 Å².